The van der Waals surface area contributed by atoms with Gasteiger partial charge in [-0.15, -0.1) is 0 Å². The number of halogens is 1. The molecule has 0 rings (SSSR count). The van der Waals surface area contributed by atoms with Crippen LogP contribution in [0.3, 0.4) is 0 Å². The molecule has 33 heavy (non-hydrogen) atoms. The van der Waals surface area contributed by atoms with E-state index in [4.69, 9.17) is 19.0 Å². The minimum atomic E-state index is -2.71. The van der Waals surface area contributed by atoms with Gasteiger partial charge >= 0.3 is 8.97 Å². The van der Waals surface area contributed by atoms with E-state index in [-0.39, 0.29) is 18.4 Å². The quantitative estimate of drug-likeness (QED) is 0.158. The Kier molecular flexibility index (Phi) is 24.5. The highest BCUT2D eigenvalue weighted by Crippen LogP contribution is 2.20. The monoisotopic (exact) mass is 510 g/mol. The summed E-state index contributed by atoms with van der Waals surface area (Å²) < 4.78 is 17.6. The molecule has 0 aliphatic heterocycles. The molecular formula is C26H59ClN2O3Si. The molecule has 202 valence electrons. The Balaban J connectivity index is 0. The van der Waals surface area contributed by atoms with E-state index in [0.717, 1.165) is 19.4 Å². The van der Waals surface area contributed by atoms with Crippen molar-refractivity contribution < 1.29 is 29.8 Å². The van der Waals surface area contributed by atoms with Crippen molar-refractivity contribution in [3.63, 3.8) is 0 Å². The summed E-state index contributed by atoms with van der Waals surface area (Å²) in [5.74, 6) is 0. The van der Waals surface area contributed by atoms with E-state index in [9.17, 15) is 0 Å². The third-order valence-electron chi connectivity index (χ3n) is 7.00. The Hall–Kier alpha value is 0.307. The molecule has 2 N–H and O–H groups in total. The Morgan fingerprint density at radius 1 is 0.606 bits per heavy atom. The molecule has 0 saturated carbocycles. The predicted molar refractivity (Wildman–Crippen MR) is 141 cm³/mol. The third kappa shape index (κ3) is 16.6. The number of quaternary nitrogens is 1. The van der Waals surface area contributed by atoms with Crippen LogP contribution >= 0.6 is 0 Å². The maximum atomic E-state index is 6.39. The van der Waals surface area contributed by atoms with Gasteiger partial charge in [0.1, 0.15) is 0 Å². The second kappa shape index (κ2) is 22.8. The molecule has 0 aromatic carbocycles. The van der Waals surface area contributed by atoms with Crippen LogP contribution in [0.2, 0.25) is 0 Å². The van der Waals surface area contributed by atoms with Crippen LogP contribution in [0.15, 0.2) is 0 Å². The molecule has 1 atom stereocenters. The van der Waals surface area contributed by atoms with Crippen LogP contribution in [0.1, 0.15) is 122 Å². The molecule has 5 nitrogen and oxygen atoms in total. The number of nitrogens with two attached hydrogens (primary N) is 1. The lowest BCUT2D eigenvalue weighted by Crippen LogP contribution is -3.00. The van der Waals surface area contributed by atoms with Crippen molar-refractivity contribution in [3.8, 4) is 0 Å². The van der Waals surface area contributed by atoms with Crippen molar-refractivity contribution in [2.24, 2.45) is 5.73 Å². The van der Waals surface area contributed by atoms with E-state index < -0.39 is 8.97 Å². The fourth-order valence-corrected chi connectivity index (χ4v) is 7.10. The Bertz CT molecular complexity index is 405. The summed E-state index contributed by atoms with van der Waals surface area (Å²) in [7, 11) is 6.55. The molecule has 1 unspecified atom stereocenters. The first-order chi connectivity index (χ1) is 15.4. The van der Waals surface area contributed by atoms with Crippen molar-refractivity contribution in [2.45, 2.75) is 129 Å². The second-order valence-corrected chi connectivity index (χ2v) is 13.7. The van der Waals surface area contributed by atoms with E-state index in [0.29, 0.717) is 4.15 Å². The molecule has 0 aliphatic carbocycles. The molecule has 0 heterocycles. The number of hydrogen-bond acceptors (Lipinski definition) is 4. The largest absolute Gasteiger partial charge is 1.00 e. The molecule has 0 saturated heterocycles. The molecule has 7 heteroatoms. The first kappa shape index (κ1) is 35.5. The maximum absolute atomic E-state index is 6.39. The van der Waals surface area contributed by atoms with Gasteiger partial charge in [-0.1, -0.05) is 110 Å². The molecular weight excluding hydrogens is 452 g/mol. The molecule has 0 bridgehead atoms. The van der Waals surface area contributed by atoms with Gasteiger partial charge in [-0.3, -0.25) is 0 Å². The molecule has 0 radical (unpaired) electrons. The lowest BCUT2D eigenvalue weighted by molar-refractivity contribution is -0.819. The average molecular weight is 511 g/mol. The van der Waals surface area contributed by atoms with Crippen LogP contribution in [-0.4, -0.2) is 61.1 Å². The first-order valence-electron chi connectivity index (χ1n) is 13.6. The summed E-state index contributed by atoms with van der Waals surface area (Å²) in [4.78, 5) is 0. The van der Waals surface area contributed by atoms with Crippen molar-refractivity contribution in [3.05, 3.63) is 0 Å². The minimum Gasteiger partial charge on any atom is -1.00 e. The molecule has 0 aromatic heterocycles. The van der Waals surface area contributed by atoms with Crippen LogP contribution < -0.4 is 18.1 Å². The van der Waals surface area contributed by atoms with Gasteiger partial charge in [0, 0.05) is 33.8 Å². The fraction of sp³-hybridized carbons (Fsp3) is 1.00. The van der Waals surface area contributed by atoms with Gasteiger partial charge in [-0.25, -0.2) is 0 Å². The van der Waals surface area contributed by atoms with Crippen molar-refractivity contribution in [1.82, 2.24) is 0 Å². The molecule has 0 aliphatic rings. The van der Waals surface area contributed by atoms with Crippen molar-refractivity contribution >= 4 is 8.97 Å². The summed E-state index contributed by atoms with van der Waals surface area (Å²) >= 11 is 0. The number of hydrogen-bond donors (Lipinski definition) is 1. The predicted octanol–water partition coefficient (Wildman–Crippen LogP) is 3.81. The smallest absolute Gasteiger partial charge is 0.783 e. The number of nitrogens with zero attached hydrogens (tertiary/aromatic N) is 1. The van der Waals surface area contributed by atoms with E-state index in [1.54, 1.807) is 21.3 Å². The van der Waals surface area contributed by atoms with E-state index in [1.807, 2.05) is 0 Å². The standard InChI is InChI=1S/C26H59N2O3Si.ClH/c1-7-8-9-10-11-12-13-14-15-16-17-18-19-20-21-22-23-26(27)24-25-28(2,3)32(29-4,30-5)31-6;/h26H,7-25,27H2,1-6H3;1H/q+1;/p-1. The minimum absolute atomic E-state index is 0. The van der Waals surface area contributed by atoms with E-state index in [1.165, 1.54) is 103 Å². The third-order valence-corrected chi connectivity index (χ3v) is 10.3. The van der Waals surface area contributed by atoms with Gasteiger partial charge < -0.3 is 35.6 Å². The van der Waals surface area contributed by atoms with Gasteiger partial charge in [-0.05, 0) is 6.42 Å². The Morgan fingerprint density at radius 3 is 1.27 bits per heavy atom. The lowest BCUT2D eigenvalue weighted by Gasteiger charge is -2.40. The average Bonchev–Trinajstić information content (AvgIpc) is 2.79. The lowest BCUT2D eigenvalue weighted by atomic mass is 10.0. The highest BCUT2D eigenvalue weighted by Gasteiger charge is 2.59. The van der Waals surface area contributed by atoms with Gasteiger partial charge in [0.15, 0.2) is 0 Å². The summed E-state index contributed by atoms with van der Waals surface area (Å²) in [5, 5.41) is 0. The van der Waals surface area contributed by atoms with E-state index in [2.05, 4.69) is 21.0 Å². The zero-order valence-corrected chi connectivity index (χ0v) is 24.9. The first-order valence-corrected chi connectivity index (χ1v) is 15.3. The zero-order valence-electron chi connectivity index (χ0n) is 23.1. The summed E-state index contributed by atoms with van der Waals surface area (Å²) in [5.41, 5.74) is 6.39. The van der Waals surface area contributed by atoms with Crippen molar-refractivity contribution in [2.75, 3.05) is 42.0 Å². The highest BCUT2D eigenvalue weighted by molar-refractivity contribution is 6.52. The second-order valence-electron chi connectivity index (χ2n) is 10.2. The van der Waals surface area contributed by atoms with Gasteiger partial charge in [0.2, 0.25) is 0 Å². The molecule has 0 spiro atoms. The highest BCUT2D eigenvalue weighted by atomic mass is 35.5. The van der Waals surface area contributed by atoms with Gasteiger partial charge in [0.05, 0.1) is 20.6 Å². The normalized spacial score (nSPS) is 13.2. The Morgan fingerprint density at radius 2 is 0.939 bits per heavy atom. The topological polar surface area (TPSA) is 53.7 Å². The number of unbranched alkanes of at least 4 members (excludes halogenated alkanes) is 15. The van der Waals surface area contributed by atoms with Gasteiger partial charge in [0.25, 0.3) is 0 Å². The van der Waals surface area contributed by atoms with Crippen LogP contribution in [0.4, 0.5) is 0 Å². The van der Waals surface area contributed by atoms with Gasteiger partial charge in [-0.2, -0.15) is 0 Å². The van der Waals surface area contributed by atoms with E-state index >= 15 is 0 Å². The van der Waals surface area contributed by atoms with Crippen LogP contribution in [0.25, 0.3) is 0 Å². The summed E-state index contributed by atoms with van der Waals surface area (Å²) in [6.45, 7) is 3.19. The van der Waals surface area contributed by atoms with Crippen LogP contribution in [0, 0.1) is 0 Å². The molecule has 0 amide bonds. The fourth-order valence-electron chi connectivity index (χ4n) is 4.72. The van der Waals surface area contributed by atoms with Crippen LogP contribution in [-0.2, 0) is 13.3 Å². The summed E-state index contributed by atoms with van der Waals surface area (Å²) in [6, 6.07) is 0.247. The number of rotatable bonds is 24. The van der Waals surface area contributed by atoms with Crippen molar-refractivity contribution in [1.29, 1.82) is 0 Å². The Labute approximate surface area is 214 Å². The SMILES string of the molecule is CCCCCCCCCCCCCCCCCCC(N)CC[N+](C)(C)[Si](OC)(OC)OC.[Cl-]. The maximum Gasteiger partial charge on any atom is 0.783 e. The molecule has 0 aromatic rings. The summed E-state index contributed by atoms with van der Waals surface area (Å²) in [6.07, 6.45) is 24.6. The zero-order chi connectivity index (χ0) is 24.1. The molecule has 0 fully saturated rings. The van der Waals surface area contributed by atoms with Crippen LogP contribution in [0.5, 0.6) is 0 Å².